The Morgan fingerprint density at radius 2 is 2.06 bits per heavy atom. The number of hydrogen-bond acceptors (Lipinski definition) is 2. The highest BCUT2D eigenvalue weighted by molar-refractivity contribution is 5.98. The van der Waals surface area contributed by atoms with E-state index in [0.717, 1.165) is 24.4 Å². The zero-order valence-electron chi connectivity index (χ0n) is 10.6. The number of ether oxygens (including phenoxy) is 1. The molecule has 1 aliphatic heterocycles. The van der Waals surface area contributed by atoms with Gasteiger partial charge in [-0.1, -0.05) is 19.1 Å². The van der Waals surface area contributed by atoms with E-state index in [1.807, 2.05) is 49.9 Å². The van der Waals surface area contributed by atoms with Gasteiger partial charge in [0, 0.05) is 12.5 Å². The maximum Gasteiger partial charge on any atom is 0.229 e. The highest BCUT2D eigenvalue weighted by atomic mass is 16.5. The van der Waals surface area contributed by atoms with Gasteiger partial charge in [0.15, 0.2) is 0 Å². The third kappa shape index (κ3) is 2.43. The van der Waals surface area contributed by atoms with Crippen molar-refractivity contribution in [3.8, 4) is 5.75 Å². The molecule has 0 bridgehead atoms. The fourth-order valence-corrected chi connectivity index (χ4v) is 2.10. The number of amides is 1. The molecule has 0 aliphatic carbocycles. The summed E-state index contributed by atoms with van der Waals surface area (Å²) in [5.74, 6) is 1.12. The first-order valence-corrected chi connectivity index (χ1v) is 6.16. The van der Waals surface area contributed by atoms with Gasteiger partial charge in [-0.25, -0.2) is 0 Å². The highest BCUT2D eigenvalue weighted by Crippen LogP contribution is 2.33. The average Bonchev–Trinajstić information content (AvgIpc) is 2.60. The number of carbonyl (C=O) groups is 1. The van der Waals surface area contributed by atoms with Crippen molar-refractivity contribution in [2.45, 2.75) is 33.3 Å². The molecule has 1 unspecified atom stereocenters. The van der Waals surface area contributed by atoms with Crippen LogP contribution in [0, 0.1) is 5.92 Å². The Morgan fingerprint density at radius 3 is 2.65 bits per heavy atom. The van der Waals surface area contributed by atoms with Gasteiger partial charge in [0.1, 0.15) is 5.75 Å². The van der Waals surface area contributed by atoms with Crippen LogP contribution in [0.1, 0.15) is 27.2 Å². The summed E-state index contributed by atoms with van der Waals surface area (Å²) in [5.41, 5.74) is 0.899. The van der Waals surface area contributed by atoms with Crippen molar-refractivity contribution < 1.29 is 9.53 Å². The van der Waals surface area contributed by atoms with Crippen molar-refractivity contribution in [1.29, 1.82) is 0 Å². The second-order valence-electron chi connectivity index (χ2n) is 4.81. The Bertz CT molecular complexity index is 414. The molecule has 3 nitrogen and oxygen atoms in total. The Kier molecular flexibility index (Phi) is 3.36. The molecule has 17 heavy (non-hydrogen) atoms. The molecule has 0 radical (unpaired) electrons. The predicted molar refractivity (Wildman–Crippen MR) is 68.3 cm³/mol. The summed E-state index contributed by atoms with van der Waals surface area (Å²) >= 11 is 0. The van der Waals surface area contributed by atoms with E-state index in [-0.39, 0.29) is 17.9 Å². The molecule has 1 fully saturated rings. The second-order valence-corrected chi connectivity index (χ2v) is 4.81. The van der Waals surface area contributed by atoms with E-state index in [1.54, 1.807) is 0 Å². The van der Waals surface area contributed by atoms with Gasteiger partial charge in [-0.05, 0) is 32.4 Å². The minimum absolute atomic E-state index is 0.117. The normalized spacial score (nSPS) is 20.1. The summed E-state index contributed by atoms with van der Waals surface area (Å²) in [4.78, 5) is 13.8. The quantitative estimate of drug-likeness (QED) is 0.803. The molecule has 1 atom stereocenters. The van der Waals surface area contributed by atoms with Gasteiger partial charge in [-0.15, -0.1) is 0 Å². The summed E-state index contributed by atoms with van der Waals surface area (Å²) in [6.07, 6.45) is 1.04. The van der Waals surface area contributed by atoms with E-state index >= 15 is 0 Å². The lowest BCUT2D eigenvalue weighted by Gasteiger charge is -2.21. The highest BCUT2D eigenvalue weighted by Gasteiger charge is 2.30. The van der Waals surface area contributed by atoms with Crippen LogP contribution in [0.4, 0.5) is 5.69 Å². The van der Waals surface area contributed by atoms with Gasteiger partial charge >= 0.3 is 0 Å². The van der Waals surface area contributed by atoms with Crippen molar-refractivity contribution >= 4 is 11.6 Å². The maximum atomic E-state index is 12.0. The summed E-state index contributed by atoms with van der Waals surface area (Å²) < 4.78 is 5.75. The SMILES string of the molecule is CC(C)Oc1ccccc1N1CCC(C)C1=O. The lowest BCUT2D eigenvalue weighted by Crippen LogP contribution is -2.27. The number of nitrogens with zero attached hydrogens (tertiary/aromatic N) is 1. The molecule has 0 aromatic heterocycles. The van der Waals surface area contributed by atoms with Crippen molar-refractivity contribution in [3.05, 3.63) is 24.3 Å². The summed E-state index contributed by atoms with van der Waals surface area (Å²) in [6, 6.07) is 7.75. The van der Waals surface area contributed by atoms with Crippen molar-refractivity contribution in [3.63, 3.8) is 0 Å². The first-order valence-electron chi connectivity index (χ1n) is 6.16. The van der Waals surface area contributed by atoms with Crippen LogP contribution in [-0.2, 0) is 4.79 Å². The first kappa shape index (κ1) is 12.0. The van der Waals surface area contributed by atoms with Crippen LogP contribution in [-0.4, -0.2) is 18.6 Å². The molecule has 1 heterocycles. The number of para-hydroxylation sites is 2. The van der Waals surface area contributed by atoms with Gasteiger partial charge in [0.25, 0.3) is 0 Å². The zero-order chi connectivity index (χ0) is 12.4. The van der Waals surface area contributed by atoms with Crippen LogP contribution in [0.2, 0.25) is 0 Å². The molecule has 92 valence electrons. The van der Waals surface area contributed by atoms with E-state index in [1.165, 1.54) is 0 Å². The monoisotopic (exact) mass is 233 g/mol. The molecule has 1 aromatic rings. The molecule has 2 rings (SSSR count). The number of rotatable bonds is 3. The van der Waals surface area contributed by atoms with E-state index in [9.17, 15) is 4.79 Å². The molecule has 1 amide bonds. The number of benzene rings is 1. The van der Waals surface area contributed by atoms with E-state index in [4.69, 9.17) is 4.74 Å². The molecule has 0 saturated carbocycles. The Labute approximate surface area is 102 Å². The maximum absolute atomic E-state index is 12.0. The second kappa shape index (κ2) is 4.78. The summed E-state index contributed by atoms with van der Waals surface area (Å²) in [6.45, 7) is 6.75. The van der Waals surface area contributed by atoms with Crippen LogP contribution >= 0.6 is 0 Å². The van der Waals surface area contributed by atoms with Crippen LogP contribution < -0.4 is 9.64 Å². The number of hydrogen-bond donors (Lipinski definition) is 0. The number of anilines is 1. The van der Waals surface area contributed by atoms with Gasteiger partial charge < -0.3 is 9.64 Å². The fraction of sp³-hybridized carbons (Fsp3) is 0.500. The summed E-state index contributed by atoms with van der Waals surface area (Å²) in [7, 11) is 0. The zero-order valence-corrected chi connectivity index (χ0v) is 10.6. The van der Waals surface area contributed by atoms with Crippen LogP contribution in [0.5, 0.6) is 5.75 Å². The van der Waals surface area contributed by atoms with Crippen molar-refractivity contribution in [2.75, 3.05) is 11.4 Å². The van der Waals surface area contributed by atoms with E-state index in [2.05, 4.69) is 0 Å². The third-order valence-electron chi connectivity index (χ3n) is 2.99. The molecular weight excluding hydrogens is 214 g/mol. The average molecular weight is 233 g/mol. The smallest absolute Gasteiger partial charge is 0.229 e. The van der Waals surface area contributed by atoms with Crippen molar-refractivity contribution in [2.24, 2.45) is 5.92 Å². The molecule has 0 N–H and O–H groups in total. The Hall–Kier alpha value is -1.51. The van der Waals surface area contributed by atoms with Crippen LogP contribution in [0.15, 0.2) is 24.3 Å². The molecular formula is C14H19NO2. The van der Waals surface area contributed by atoms with E-state index < -0.39 is 0 Å². The fourth-order valence-electron chi connectivity index (χ4n) is 2.10. The number of carbonyl (C=O) groups excluding carboxylic acids is 1. The first-order chi connectivity index (χ1) is 8.09. The molecule has 0 spiro atoms. The minimum Gasteiger partial charge on any atom is -0.489 e. The lowest BCUT2D eigenvalue weighted by atomic mass is 10.1. The van der Waals surface area contributed by atoms with Crippen molar-refractivity contribution in [1.82, 2.24) is 0 Å². The molecule has 1 saturated heterocycles. The minimum atomic E-state index is 0.117. The van der Waals surface area contributed by atoms with Gasteiger partial charge in [0.05, 0.1) is 11.8 Å². The van der Waals surface area contributed by atoms with Crippen LogP contribution in [0.3, 0.4) is 0 Å². The van der Waals surface area contributed by atoms with Gasteiger partial charge in [0.2, 0.25) is 5.91 Å². The van der Waals surface area contributed by atoms with Gasteiger partial charge in [-0.2, -0.15) is 0 Å². The van der Waals surface area contributed by atoms with Crippen LogP contribution in [0.25, 0.3) is 0 Å². The predicted octanol–water partition coefficient (Wildman–Crippen LogP) is 2.85. The van der Waals surface area contributed by atoms with E-state index in [0.29, 0.717) is 0 Å². The topological polar surface area (TPSA) is 29.5 Å². The third-order valence-corrected chi connectivity index (χ3v) is 2.99. The Balaban J connectivity index is 2.29. The molecule has 1 aromatic carbocycles. The largest absolute Gasteiger partial charge is 0.489 e. The standard InChI is InChI=1S/C14H19NO2/c1-10(2)17-13-7-5-4-6-12(13)15-9-8-11(3)14(15)16/h4-7,10-11H,8-9H2,1-3H3. The molecule has 1 aliphatic rings. The summed E-state index contributed by atoms with van der Waals surface area (Å²) in [5, 5.41) is 0. The van der Waals surface area contributed by atoms with Gasteiger partial charge in [-0.3, -0.25) is 4.79 Å². The molecule has 3 heteroatoms. The Morgan fingerprint density at radius 1 is 1.35 bits per heavy atom. The lowest BCUT2D eigenvalue weighted by molar-refractivity contribution is -0.119.